The first-order valence-corrected chi connectivity index (χ1v) is 5.54. The summed E-state index contributed by atoms with van der Waals surface area (Å²) < 4.78 is 0. The van der Waals surface area contributed by atoms with Crippen LogP contribution in [0.1, 0.15) is 12.5 Å². The lowest BCUT2D eigenvalue weighted by Crippen LogP contribution is -2.33. The molecule has 3 nitrogen and oxygen atoms in total. The van der Waals surface area contributed by atoms with E-state index in [9.17, 15) is 4.79 Å². The van der Waals surface area contributed by atoms with Crippen molar-refractivity contribution < 1.29 is 4.79 Å². The van der Waals surface area contributed by atoms with Crippen molar-refractivity contribution in [3.05, 3.63) is 35.9 Å². The number of benzene rings is 1. The predicted octanol–water partition coefficient (Wildman–Crippen LogP) is 1.60. The molecule has 0 aliphatic rings. The van der Waals surface area contributed by atoms with Gasteiger partial charge in [-0.25, -0.2) is 0 Å². The van der Waals surface area contributed by atoms with Crippen LogP contribution in [0, 0.1) is 0 Å². The number of hydrogen-bond acceptors (Lipinski definition) is 2. The fraction of sp³-hybridized carbons (Fsp3) is 0.462. The summed E-state index contributed by atoms with van der Waals surface area (Å²) in [6.45, 7) is 4.19. The summed E-state index contributed by atoms with van der Waals surface area (Å²) >= 11 is 0. The number of rotatable bonds is 5. The molecule has 0 unspecified atom stereocenters. The summed E-state index contributed by atoms with van der Waals surface area (Å²) in [5, 5.41) is 0. The van der Waals surface area contributed by atoms with E-state index in [0.29, 0.717) is 0 Å². The van der Waals surface area contributed by atoms with Gasteiger partial charge in [-0.15, -0.1) is 0 Å². The van der Waals surface area contributed by atoms with Gasteiger partial charge in [0.1, 0.15) is 0 Å². The molecule has 0 spiro atoms. The van der Waals surface area contributed by atoms with E-state index in [2.05, 4.69) is 24.1 Å². The molecule has 1 aromatic carbocycles. The van der Waals surface area contributed by atoms with Gasteiger partial charge in [0.05, 0.1) is 0 Å². The Morgan fingerprint density at radius 2 is 1.75 bits per heavy atom. The first-order valence-electron chi connectivity index (χ1n) is 5.54. The predicted molar refractivity (Wildman–Crippen MR) is 66.1 cm³/mol. The van der Waals surface area contributed by atoms with E-state index >= 15 is 0 Å². The number of nitrogens with zero attached hydrogens (tertiary/aromatic N) is 2. The fourth-order valence-corrected chi connectivity index (χ4v) is 1.45. The molecule has 0 atom stereocenters. The van der Waals surface area contributed by atoms with Crippen molar-refractivity contribution in [2.75, 3.05) is 27.2 Å². The zero-order valence-corrected chi connectivity index (χ0v) is 10.3. The number of carbonyl (C=O) groups is 1. The zero-order chi connectivity index (χ0) is 12.0. The fourth-order valence-electron chi connectivity index (χ4n) is 1.45. The van der Waals surface area contributed by atoms with Gasteiger partial charge in [0.25, 0.3) is 0 Å². The number of likely N-dealkylation sites (N-methyl/N-ethyl adjacent to an activating group) is 2. The summed E-state index contributed by atoms with van der Waals surface area (Å²) in [7, 11) is 3.90. The highest BCUT2D eigenvalue weighted by Crippen LogP contribution is 2.02. The van der Waals surface area contributed by atoms with E-state index in [-0.39, 0.29) is 5.91 Å². The minimum Gasteiger partial charge on any atom is -0.345 e. The van der Waals surface area contributed by atoms with Crippen LogP contribution in [0.5, 0.6) is 0 Å². The van der Waals surface area contributed by atoms with Gasteiger partial charge in [-0.1, -0.05) is 30.3 Å². The Labute approximate surface area is 97.7 Å². The van der Waals surface area contributed by atoms with Crippen LogP contribution in [0.2, 0.25) is 0 Å². The van der Waals surface area contributed by atoms with Crippen LogP contribution in [-0.4, -0.2) is 42.9 Å². The lowest BCUT2D eigenvalue weighted by atomic mass is 10.2. The second-order valence-corrected chi connectivity index (χ2v) is 4.16. The Morgan fingerprint density at radius 3 is 2.31 bits per heavy atom. The maximum Gasteiger partial charge on any atom is 0.219 e. The van der Waals surface area contributed by atoms with Crippen LogP contribution in [-0.2, 0) is 11.3 Å². The van der Waals surface area contributed by atoms with Crippen LogP contribution < -0.4 is 0 Å². The summed E-state index contributed by atoms with van der Waals surface area (Å²) in [5.41, 5.74) is 1.30. The molecule has 0 aromatic heterocycles. The zero-order valence-electron chi connectivity index (χ0n) is 10.3. The molecule has 0 saturated carbocycles. The van der Waals surface area contributed by atoms with E-state index in [1.165, 1.54) is 5.56 Å². The summed E-state index contributed by atoms with van der Waals surface area (Å²) in [4.78, 5) is 15.0. The Bertz CT molecular complexity index is 324. The van der Waals surface area contributed by atoms with Gasteiger partial charge in [0, 0.05) is 33.6 Å². The minimum absolute atomic E-state index is 0.119. The molecule has 0 fully saturated rings. The van der Waals surface area contributed by atoms with Crippen LogP contribution in [0.25, 0.3) is 0 Å². The van der Waals surface area contributed by atoms with Crippen molar-refractivity contribution in [2.45, 2.75) is 13.5 Å². The van der Waals surface area contributed by atoms with Crippen molar-refractivity contribution in [1.82, 2.24) is 9.80 Å². The van der Waals surface area contributed by atoms with Crippen LogP contribution >= 0.6 is 0 Å². The smallest absolute Gasteiger partial charge is 0.219 e. The Balaban J connectivity index is 2.31. The van der Waals surface area contributed by atoms with Crippen molar-refractivity contribution in [3.63, 3.8) is 0 Å². The average molecular weight is 220 g/mol. The van der Waals surface area contributed by atoms with E-state index in [1.54, 1.807) is 11.8 Å². The first-order chi connectivity index (χ1) is 7.59. The minimum atomic E-state index is 0.119. The molecule has 0 saturated heterocycles. The molecule has 0 bridgehead atoms. The quantitative estimate of drug-likeness (QED) is 0.752. The van der Waals surface area contributed by atoms with Crippen LogP contribution in [0.3, 0.4) is 0 Å². The molecule has 3 heteroatoms. The van der Waals surface area contributed by atoms with Gasteiger partial charge < -0.3 is 9.80 Å². The van der Waals surface area contributed by atoms with Gasteiger partial charge >= 0.3 is 0 Å². The third kappa shape index (κ3) is 4.45. The lowest BCUT2D eigenvalue weighted by Gasteiger charge is -2.21. The summed E-state index contributed by atoms with van der Waals surface area (Å²) in [6.07, 6.45) is 0. The third-order valence-corrected chi connectivity index (χ3v) is 2.65. The summed E-state index contributed by atoms with van der Waals surface area (Å²) in [6, 6.07) is 10.3. The second kappa shape index (κ2) is 6.28. The molecular formula is C13H20N2O. The molecule has 0 aliphatic heterocycles. The molecule has 1 aromatic rings. The molecule has 1 rings (SSSR count). The topological polar surface area (TPSA) is 23.6 Å². The van der Waals surface area contributed by atoms with E-state index in [1.807, 2.05) is 25.2 Å². The van der Waals surface area contributed by atoms with Gasteiger partial charge in [0.2, 0.25) is 5.91 Å². The van der Waals surface area contributed by atoms with Gasteiger partial charge in [0.15, 0.2) is 0 Å². The molecule has 1 amide bonds. The Kier molecular flexibility index (Phi) is 4.99. The van der Waals surface area contributed by atoms with Gasteiger partial charge in [-0.2, -0.15) is 0 Å². The monoisotopic (exact) mass is 220 g/mol. The lowest BCUT2D eigenvalue weighted by molar-refractivity contribution is -0.127. The highest BCUT2D eigenvalue weighted by atomic mass is 16.2. The van der Waals surface area contributed by atoms with Crippen LogP contribution in [0.15, 0.2) is 30.3 Å². The molecular weight excluding hydrogens is 200 g/mol. The van der Waals surface area contributed by atoms with E-state index in [4.69, 9.17) is 0 Å². The normalized spacial score (nSPS) is 10.5. The van der Waals surface area contributed by atoms with Crippen molar-refractivity contribution in [2.24, 2.45) is 0 Å². The Hall–Kier alpha value is -1.35. The van der Waals surface area contributed by atoms with Crippen molar-refractivity contribution in [3.8, 4) is 0 Å². The summed E-state index contributed by atoms with van der Waals surface area (Å²) in [5.74, 6) is 0.119. The van der Waals surface area contributed by atoms with Crippen LogP contribution in [0.4, 0.5) is 0 Å². The maximum atomic E-state index is 11.0. The number of amides is 1. The van der Waals surface area contributed by atoms with Crippen molar-refractivity contribution in [1.29, 1.82) is 0 Å². The molecule has 0 N–H and O–H groups in total. The molecule has 0 aliphatic carbocycles. The average Bonchev–Trinajstić information content (AvgIpc) is 2.27. The molecule has 0 heterocycles. The molecule has 16 heavy (non-hydrogen) atoms. The molecule has 88 valence electrons. The van der Waals surface area contributed by atoms with E-state index in [0.717, 1.165) is 19.6 Å². The highest BCUT2D eigenvalue weighted by molar-refractivity contribution is 5.72. The highest BCUT2D eigenvalue weighted by Gasteiger charge is 2.04. The second-order valence-electron chi connectivity index (χ2n) is 4.16. The standard InChI is InChI=1S/C13H20N2O/c1-12(16)15(3)10-9-14(2)11-13-7-5-4-6-8-13/h4-8H,9-11H2,1-3H3. The Morgan fingerprint density at radius 1 is 1.12 bits per heavy atom. The first kappa shape index (κ1) is 12.7. The number of hydrogen-bond donors (Lipinski definition) is 0. The molecule has 0 radical (unpaired) electrons. The maximum absolute atomic E-state index is 11.0. The van der Waals surface area contributed by atoms with E-state index < -0.39 is 0 Å². The van der Waals surface area contributed by atoms with Crippen molar-refractivity contribution >= 4 is 5.91 Å². The largest absolute Gasteiger partial charge is 0.345 e. The SMILES string of the molecule is CC(=O)N(C)CCN(C)Cc1ccccc1. The number of carbonyl (C=O) groups excluding carboxylic acids is 1. The third-order valence-electron chi connectivity index (χ3n) is 2.65. The van der Waals surface area contributed by atoms with Gasteiger partial charge in [-0.3, -0.25) is 4.79 Å². The van der Waals surface area contributed by atoms with Gasteiger partial charge in [-0.05, 0) is 12.6 Å².